The molecule has 2 amide bonds. The minimum atomic E-state index is -0.0997. The summed E-state index contributed by atoms with van der Waals surface area (Å²) >= 11 is 0. The molecule has 0 saturated carbocycles. The van der Waals surface area contributed by atoms with Gasteiger partial charge in [-0.05, 0) is 25.5 Å². The van der Waals surface area contributed by atoms with Crippen LogP contribution in [0, 0.1) is 13.8 Å². The van der Waals surface area contributed by atoms with Crippen LogP contribution in [-0.2, 0) is 16.0 Å². The van der Waals surface area contributed by atoms with Gasteiger partial charge in [-0.1, -0.05) is 6.07 Å². The number of fused-ring (bicyclic) bond motifs is 1. The molecule has 112 valence electrons. The average Bonchev–Trinajstić information content (AvgIpc) is 2.73. The van der Waals surface area contributed by atoms with E-state index in [1.807, 2.05) is 36.6 Å². The minimum Gasteiger partial charge on any atom is -0.355 e. The van der Waals surface area contributed by atoms with E-state index in [1.165, 1.54) is 6.92 Å². The predicted molar refractivity (Wildman–Crippen MR) is 80.1 cm³/mol. The lowest BCUT2D eigenvalue weighted by atomic mass is 10.2. The van der Waals surface area contributed by atoms with Gasteiger partial charge < -0.3 is 15.0 Å². The van der Waals surface area contributed by atoms with E-state index in [0.717, 1.165) is 22.6 Å². The van der Waals surface area contributed by atoms with E-state index in [2.05, 4.69) is 15.6 Å². The average molecular weight is 288 g/mol. The van der Waals surface area contributed by atoms with Crippen LogP contribution < -0.4 is 10.6 Å². The van der Waals surface area contributed by atoms with Crippen molar-refractivity contribution in [1.29, 1.82) is 0 Å². The molecule has 0 unspecified atom stereocenters. The van der Waals surface area contributed by atoms with Crippen molar-refractivity contribution in [3.63, 3.8) is 0 Å². The number of hydrogen-bond donors (Lipinski definition) is 2. The first kappa shape index (κ1) is 15.0. The Morgan fingerprint density at radius 1 is 1.24 bits per heavy atom. The molecule has 0 bridgehead atoms. The number of amides is 2. The van der Waals surface area contributed by atoms with Gasteiger partial charge in [0.05, 0.1) is 17.8 Å². The third-order valence-corrected chi connectivity index (χ3v) is 3.29. The van der Waals surface area contributed by atoms with E-state index < -0.39 is 0 Å². The number of aromatic nitrogens is 2. The van der Waals surface area contributed by atoms with Crippen molar-refractivity contribution in [3.05, 3.63) is 35.3 Å². The topological polar surface area (TPSA) is 75.5 Å². The summed E-state index contributed by atoms with van der Waals surface area (Å²) in [4.78, 5) is 27.2. The molecule has 0 fully saturated rings. The fraction of sp³-hybridized carbons (Fsp3) is 0.400. The van der Waals surface area contributed by atoms with Gasteiger partial charge in [-0.15, -0.1) is 0 Å². The second-order valence-electron chi connectivity index (χ2n) is 5.04. The number of aryl methyl sites for hydroxylation is 2. The van der Waals surface area contributed by atoms with Crippen LogP contribution >= 0.6 is 0 Å². The number of carbonyl (C=O) groups is 2. The number of nitrogens with one attached hydrogen (secondary N) is 2. The summed E-state index contributed by atoms with van der Waals surface area (Å²) in [6.45, 7) is 6.22. The molecule has 0 atom stereocenters. The molecule has 2 rings (SSSR count). The van der Waals surface area contributed by atoms with Crippen molar-refractivity contribution in [3.8, 4) is 0 Å². The molecular weight excluding hydrogens is 268 g/mol. The molecule has 2 aromatic heterocycles. The molecule has 0 saturated heterocycles. The first-order chi connectivity index (χ1) is 9.99. The van der Waals surface area contributed by atoms with Gasteiger partial charge in [-0.25, -0.2) is 4.98 Å². The predicted octanol–water partition coefficient (Wildman–Crippen LogP) is 0.746. The maximum absolute atomic E-state index is 12.0. The van der Waals surface area contributed by atoms with Crippen LogP contribution in [0.15, 0.2) is 18.3 Å². The maximum Gasteiger partial charge on any atom is 0.226 e. The van der Waals surface area contributed by atoms with E-state index in [4.69, 9.17) is 0 Å². The number of rotatable bonds is 5. The molecule has 0 aromatic carbocycles. The quantitative estimate of drug-likeness (QED) is 0.797. The van der Waals surface area contributed by atoms with Crippen molar-refractivity contribution in [1.82, 2.24) is 20.0 Å². The fourth-order valence-electron chi connectivity index (χ4n) is 2.23. The maximum atomic E-state index is 12.0. The molecule has 2 aromatic rings. The molecule has 0 aliphatic carbocycles. The molecule has 2 heterocycles. The van der Waals surface area contributed by atoms with Crippen molar-refractivity contribution in [2.45, 2.75) is 27.2 Å². The Balaban J connectivity index is 2.03. The van der Waals surface area contributed by atoms with Crippen LogP contribution in [0.5, 0.6) is 0 Å². The van der Waals surface area contributed by atoms with E-state index in [1.54, 1.807) is 0 Å². The van der Waals surface area contributed by atoms with E-state index in [-0.39, 0.29) is 18.2 Å². The Hall–Kier alpha value is -2.37. The van der Waals surface area contributed by atoms with Gasteiger partial charge in [-0.3, -0.25) is 9.59 Å². The van der Waals surface area contributed by atoms with Gasteiger partial charge in [0.25, 0.3) is 0 Å². The molecule has 0 spiro atoms. The Morgan fingerprint density at radius 3 is 2.67 bits per heavy atom. The summed E-state index contributed by atoms with van der Waals surface area (Å²) in [5.74, 6) is -0.177. The minimum absolute atomic E-state index is 0.0771. The second-order valence-corrected chi connectivity index (χ2v) is 5.04. The SMILES string of the molecule is CC(=O)NCCNC(=O)Cc1c(C)nc2c(C)cccn12. The normalized spacial score (nSPS) is 10.6. The monoisotopic (exact) mass is 288 g/mol. The van der Waals surface area contributed by atoms with Crippen molar-refractivity contribution in [2.24, 2.45) is 0 Å². The van der Waals surface area contributed by atoms with Crippen LogP contribution in [-0.4, -0.2) is 34.3 Å². The van der Waals surface area contributed by atoms with E-state index in [0.29, 0.717) is 13.1 Å². The number of nitrogens with zero attached hydrogens (tertiary/aromatic N) is 2. The summed E-state index contributed by atoms with van der Waals surface area (Å²) in [6, 6.07) is 3.95. The number of carbonyl (C=O) groups excluding carboxylic acids is 2. The lowest BCUT2D eigenvalue weighted by Gasteiger charge is -2.07. The van der Waals surface area contributed by atoms with Crippen LogP contribution in [0.25, 0.3) is 5.65 Å². The molecular formula is C15H20N4O2. The second kappa shape index (κ2) is 6.39. The van der Waals surface area contributed by atoms with Crippen LogP contribution in [0.4, 0.5) is 0 Å². The van der Waals surface area contributed by atoms with Gasteiger partial charge in [0.15, 0.2) is 0 Å². The first-order valence-electron chi connectivity index (χ1n) is 6.93. The standard InChI is InChI=1S/C15H20N4O2/c1-10-5-4-8-19-13(11(2)18-15(10)19)9-14(21)17-7-6-16-12(3)20/h4-5,8H,6-7,9H2,1-3H3,(H,16,20)(H,17,21). The highest BCUT2D eigenvalue weighted by molar-refractivity contribution is 5.79. The summed E-state index contributed by atoms with van der Waals surface area (Å²) in [6.07, 6.45) is 2.19. The number of pyridine rings is 1. The van der Waals surface area contributed by atoms with Crippen LogP contribution in [0.2, 0.25) is 0 Å². The molecule has 0 aliphatic rings. The van der Waals surface area contributed by atoms with Crippen molar-refractivity contribution in [2.75, 3.05) is 13.1 Å². The lowest BCUT2D eigenvalue weighted by molar-refractivity contribution is -0.121. The summed E-state index contributed by atoms with van der Waals surface area (Å²) in [5.41, 5.74) is 3.72. The first-order valence-corrected chi connectivity index (χ1v) is 6.93. The van der Waals surface area contributed by atoms with E-state index in [9.17, 15) is 9.59 Å². The largest absolute Gasteiger partial charge is 0.355 e. The zero-order valence-electron chi connectivity index (χ0n) is 12.6. The Morgan fingerprint density at radius 2 is 1.95 bits per heavy atom. The van der Waals surface area contributed by atoms with Crippen LogP contribution in [0.1, 0.15) is 23.9 Å². The third kappa shape index (κ3) is 3.59. The zero-order chi connectivity index (χ0) is 15.4. The Kier molecular flexibility index (Phi) is 4.57. The molecule has 2 N–H and O–H groups in total. The van der Waals surface area contributed by atoms with E-state index >= 15 is 0 Å². The van der Waals surface area contributed by atoms with Crippen LogP contribution in [0.3, 0.4) is 0 Å². The van der Waals surface area contributed by atoms with Gasteiger partial charge >= 0.3 is 0 Å². The zero-order valence-corrected chi connectivity index (χ0v) is 12.6. The van der Waals surface area contributed by atoms with Crippen molar-refractivity contribution < 1.29 is 9.59 Å². The molecule has 21 heavy (non-hydrogen) atoms. The molecule has 6 nitrogen and oxygen atoms in total. The molecule has 6 heteroatoms. The molecule has 0 aliphatic heterocycles. The number of imidazole rings is 1. The highest BCUT2D eigenvalue weighted by Gasteiger charge is 2.13. The van der Waals surface area contributed by atoms with Gasteiger partial charge in [0.1, 0.15) is 5.65 Å². The smallest absolute Gasteiger partial charge is 0.226 e. The Bertz CT molecular complexity index is 676. The summed E-state index contributed by atoms with van der Waals surface area (Å²) in [5, 5.41) is 5.43. The van der Waals surface area contributed by atoms with Gasteiger partial charge in [0.2, 0.25) is 11.8 Å². The molecule has 0 radical (unpaired) electrons. The highest BCUT2D eigenvalue weighted by Crippen LogP contribution is 2.15. The fourth-order valence-corrected chi connectivity index (χ4v) is 2.23. The van der Waals surface area contributed by atoms with Gasteiger partial charge in [-0.2, -0.15) is 0 Å². The summed E-state index contributed by atoms with van der Waals surface area (Å²) < 4.78 is 1.96. The lowest BCUT2D eigenvalue weighted by Crippen LogP contribution is -2.34. The van der Waals surface area contributed by atoms with Crippen molar-refractivity contribution >= 4 is 17.5 Å². The highest BCUT2D eigenvalue weighted by atomic mass is 16.2. The number of hydrogen-bond acceptors (Lipinski definition) is 3. The third-order valence-electron chi connectivity index (χ3n) is 3.29. The van der Waals surface area contributed by atoms with Gasteiger partial charge in [0, 0.05) is 26.2 Å². The Labute approximate surface area is 123 Å². The summed E-state index contributed by atoms with van der Waals surface area (Å²) in [7, 11) is 0.